The highest BCUT2D eigenvalue weighted by Crippen LogP contribution is 2.04. The van der Waals surface area contributed by atoms with E-state index in [0.29, 0.717) is 6.42 Å². The monoisotopic (exact) mass is 195 g/mol. The van der Waals surface area contributed by atoms with Crippen LogP contribution in [0.15, 0.2) is 0 Å². The van der Waals surface area contributed by atoms with E-state index < -0.39 is 18.1 Å². The standard InChI is InChI=1S/C7H14ClNO3/c1-3-4-5(9-8)6(10)7(11)12-2/h5-6,9-10H,3-4H2,1-2H3/t5-,6-/m0/s1. The largest absolute Gasteiger partial charge is 0.467 e. The minimum absolute atomic E-state index is 0.441. The van der Waals surface area contributed by atoms with Crippen molar-refractivity contribution in [2.24, 2.45) is 0 Å². The second-order valence-corrected chi connectivity index (χ2v) is 2.69. The van der Waals surface area contributed by atoms with Crippen molar-refractivity contribution >= 4 is 17.7 Å². The molecule has 0 aliphatic carbocycles. The van der Waals surface area contributed by atoms with Gasteiger partial charge in [0.1, 0.15) is 0 Å². The minimum atomic E-state index is -1.19. The van der Waals surface area contributed by atoms with E-state index in [1.165, 1.54) is 7.11 Å². The Morgan fingerprint density at radius 1 is 1.75 bits per heavy atom. The molecule has 0 aromatic carbocycles. The zero-order valence-electron chi connectivity index (χ0n) is 7.21. The Bertz CT molecular complexity index is 143. The van der Waals surface area contributed by atoms with Gasteiger partial charge in [-0.3, -0.25) is 0 Å². The van der Waals surface area contributed by atoms with Crippen LogP contribution in [0.2, 0.25) is 0 Å². The zero-order chi connectivity index (χ0) is 9.56. The molecular formula is C7H14ClNO3. The van der Waals surface area contributed by atoms with Crippen molar-refractivity contribution in [1.82, 2.24) is 4.84 Å². The van der Waals surface area contributed by atoms with E-state index in [2.05, 4.69) is 9.57 Å². The van der Waals surface area contributed by atoms with Crippen molar-refractivity contribution in [1.29, 1.82) is 0 Å². The second-order valence-electron chi connectivity index (χ2n) is 2.47. The van der Waals surface area contributed by atoms with Gasteiger partial charge in [0, 0.05) is 0 Å². The summed E-state index contributed by atoms with van der Waals surface area (Å²) in [5.74, 6) is -0.665. The molecule has 72 valence electrons. The zero-order valence-corrected chi connectivity index (χ0v) is 7.97. The SMILES string of the molecule is CCC[C@H](NCl)[C@H](O)C(=O)OC. The first-order valence-electron chi connectivity index (χ1n) is 3.79. The van der Waals surface area contributed by atoms with Gasteiger partial charge in [0.25, 0.3) is 0 Å². The van der Waals surface area contributed by atoms with Gasteiger partial charge in [-0.05, 0) is 18.2 Å². The van der Waals surface area contributed by atoms with E-state index in [1.807, 2.05) is 6.92 Å². The van der Waals surface area contributed by atoms with E-state index in [1.54, 1.807) is 0 Å². The molecule has 0 aliphatic heterocycles. The molecule has 0 spiro atoms. The van der Waals surface area contributed by atoms with Gasteiger partial charge in [-0.1, -0.05) is 13.3 Å². The predicted octanol–water partition coefficient (Wildman–Crippen LogP) is 0.432. The Morgan fingerprint density at radius 3 is 2.67 bits per heavy atom. The summed E-state index contributed by atoms with van der Waals surface area (Å²) in [5.41, 5.74) is 0. The lowest BCUT2D eigenvalue weighted by Crippen LogP contribution is -2.41. The molecule has 12 heavy (non-hydrogen) atoms. The summed E-state index contributed by atoms with van der Waals surface area (Å²) in [6, 6.07) is -0.441. The van der Waals surface area contributed by atoms with Crippen LogP contribution in [-0.4, -0.2) is 30.3 Å². The van der Waals surface area contributed by atoms with Gasteiger partial charge in [0.2, 0.25) is 0 Å². The number of halogens is 1. The number of nitrogens with one attached hydrogen (secondary N) is 1. The van der Waals surface area contributed by atoms with Crippen LogP contribution < -0.4 is 4.84 Å². The van der Waals surface area contributed by atoms with E-state index >= 15 is 0 Å². The smallest absolute Gasteiger partial charge is 0.336 e. The first-order valence-corrected chi connectivity index (χ1v) is 4.17. The maximum Gasteiger partial charge on any atom is 0.336 e. The van der Waals surface area contributed by atoms with Crippen LogP contribution in [0.4, 0.5) is 0 Å². The molecule has 4 nitrogen and oxygen atoms in total. The highest BCUT2D eigenvalue weighted by molar-refractivity contribution is 6.13. The number of aliphatic hydroxyl groups is 1. The molecule has 0 aromatic rings. The lowest BCUT2D eigenvalue weighted by Gasteiger charge is -2.17. The third-order valence-electron chi connectivity index (χ3n) is 1.56. The number of carbonyl (C=O) groups is 1. The third-order valence-corrected chi connectivity index (χ3v) is 1.84. The lowest BCUT2D eigenvalue weighted by molar-refractivity contribution is -0.151. The highest BCUT2D eigenvalue weighted by Gasteiger charge is 2.25. The highest BCUT2D eigenvalue weighted by atomic mass is 35.5. The number of hydrogen-bond donors (Lipinski definition) is 2. The Labute approximate surface area is 77.0 Å². The Hall–Kier alpha value is -0.320. The summed E-state index contributed by atoms with van der Waals surface area (Å²) >= 11 is 5.32. The van der Waals surface area contributed by atoms with Gasteiger partial charge in [0.15, 0.2) is 6.10 Å². The molecule has 0 amide bonds. The molecule has 0 fully saturated rings. The van der Waals surface area contributed by atoms with E-state index in [9.17, 15) is 9.90 Å². The number of rotatable bonds is 5. The molecule has 0 radical (unpaired) electrons. The molecule has 2 atom stereocenters. The topological polar surface area (TPSA) is 58.6 Å². The third kappa shape index (κ3) is 3.38. The summed E-state index contributed by atoms with van der Waals surface area (Å²) in [6.07, 6.45) is 0.269. The molecule has 5 heteroatoms. The van der Waals surface area contributed by atoms with Crippen molar-refractivity contribution in [2.45, 2.75) is 31.9 Å². The van der Waals surface area contributed by atoms with E-state index in [0.717, 1.165) is 6.42 Å². The Kier molecular flexibility index (Phi) is 6.06. The molecule has 0 saturated heterocycles. The van der Waals surface area contributed by atoms with Crippen molar-refractivity contribution < 1.29 is 14.6 Å². The van der Waals surface area contributed by atoms with Crippen LogP contribution in [0.5, 0.6) is 0 Å². The van der Waals surface area contributed by atoms with Gasteiger partial charge in [-0.2, -0.15) is 0 Å². The van der Waals surface area contributed by atoms with Crippen LogP contribution in [0, 0.1) is 0 Å². The normalized spacial score (nSPS) is 15.3. The number of carbonyl (C=O) groups excluding carboxylic acids is 1. The van der Waals surface area contributed by atoms with Crippen LogP contribution >= 0.6 is 11.8 Å². The lowest BCUT2D eigenvalue weighted by atomic mass is 10.1. The molecule has 2 N–H and O–H groups in total. The molecule has 0 unspecified atom stereocenters. The van der Waals surface area contributed by atoms with Gasteiger partial charge < -0.3 is 9.84 Å². The fourth-order valence-electron chi connectivity index (χ4n) is 0.868. The maximum absolute atomic E-state index is 10.8. The van der Waals surface area contributed by atoms with Crippen molar-refractivity contribution in [2.75, 3.05) is 7.11 Å². The minimum Gasteiger partial charge on any atom is -0.467 e. The molecule has 0 aromatic heterocycles. The molecule has 0 aliphatic rings. The van der Waals surface area contributed by atoms with Gasteiger partial charge in [0.05, 0.1) is 13.2 Å². The van der Waals surface area contributed by atoms with Crippen molar-refractivity contribution in [3.8, 4) is 0 Å². The van der Waals surface area contributed by atoms with Crippen LogP contribution in [0.25, 0.3) is 0 Å². The van der Waals surface area contributed by atoms with Crippen LogP contribution in [0.1, 0.15) is 19.8 Å². The summed E-state index contributed by atoms with van der Waals surface area (Å²) < 4.78 is 4.35. The fraction of sp³-hybridized carbons (Fsp3) is 0.857. The molecule has 0 bridgehead atoms. The number of methoxy groups -OCH3 is 1. The summed E-state index contributed by atoms with van der Waals surface area (Å²) in [7, 11) is 1.22. The van der Waals surface area contributed by atoms with Gasteiger partial charge in [-0.25, -0.2) is 9.63 Å². The molecule has 0 heterocycles. The fourth-order valence-corrected chi connectivity index (χ4v) is 1.10. The van der Waals surface area contributed by atoms with Crippen LogP contribution in [0.3, 0.4) is 0 Å². The number of ether oxygens (including phenoxy) is 1. The molecule has 0 rings (SSSR count). The predicted molar refractivity (Wildman–Crippen MR) is 45.7 cm³/mol. The Morgan fingerprint density at radius 2 is 2.33 bits per heavy atom. The first-order chi connectivity index (χ1) is 5.67. The van der Waals surface area contributed by atoms with Crippen molar-refractivity contribution in [3.05, 3.63) is 0 Å². The number of esters is 1. The second kappa shape index (κ2) is 6.22. The van der Waals surface area contributed by atoms with Gasteiger partial charge in [-0.15, -0.1) is 0 Å². The maximum atomic E-state index is 10.8. The quantitative estimate of drug-likeness (QED) is 0.494. The molecule has 0 saturated carbocycles. The summed E-state index contributed by atoms with van der Waals surface area (Å²) in [6.45, 7) is 1.94. The molecular weight excluding hydrogens is 182 g/mol. The van der Waals surface area contributed by atoms with E-state index in [4.69, 9.17) is 11.8 Å². The average Bonchev–Trinajstić information content (AvgIpc) is 2.11. The van der Waals surface area contributed by atoms with Crippen LogP contribution in [-0.2, 0) is 9.53 Å². The number of aliphatic hydroxyl groups excluding tert-OH is 1. The average molecular weight is 196 g/mol. The Balaban J connectivity index is 4.00. The van der Waals surface area contributed by atoms with Gasteiger partial charge >= 0.3 is 5.97 Å². The number of hydrogen-bond acceptors (Lipinski definition) is 4. The van der Waals surface area contributed by atoms with Crippen molar-refractivity contribution in [3.63, 3.8) is 0 Å². The first kappa shape index (κ1) is 11.7. The summed E-state index contributed by atoms with van der Waals surface area (Å²) in [4.78, 5) is 13.2. The van der Waals surface area contributed by atoms with E-state index in [-0.39, 0.29) is 0 Å². The summed E-state index contributed by atoms with van der Waals surface area (Å²) in [5, 5.41) is 9.29.